The van der Waals surface area contributed by atoms with Gasteiger partial charge in [0.1, 0.15) is 5.82 Å². The number of hydrogen-bond donors (Lipinski definition) is 2. The third kappa shape index (κ3) is 3.14. The molecule has 0 aliphatic carbocycles. The van der Waals surface area contributed by atoms with Crippen LogP contribution in [0.3, 0.4) is 0 Å². The molecule has 5 nitrogen and oxygen atoms in total. The lowest BCUT2D eigenvalue weighted by atomic mass is 10.2. The van der Waals surface area contributed by atoms with E-state index in [1.54, 1.807) is 18.6 Å². The fraction of sp³-hybridized carbons (Fsp3) is 0.250. The van der Waals surface area contributed by atoms with Crippen molar-refractivity contribution in [3.05, 3.63) is 36.5 Å². The molecule has 2 N–H and O–H groups in total. The number of aromatic nitrogens is 3. The molecule has 0 unspecified atom stereocenters. The molecule has 0 saturated heterocycles. The molecule has 17 heavy (non-hydrogen) atoms. The Morgan fingerprint density at radius 3 is 3.00 bits per heavy atom. The van der Waals surface area contributed by atoms with Crippen LogP contribution in [-0.4, -0.2) is 26.0 Å². The van der Waals surface area contributed by atoms with Crippen molar-refractivity contribution in [2.75, 3.05) is 0 Å². The van der Waals surface area contributed by atoms with Crippen molar-refractivity contribution in [2.45, 2.75) is 19.3 Å². The number of nitrogens with one attached hydrogen (secondary N) is 1. The molecule has 0 fully saturated rings. The Morgan fingerprint density at radius 2 is 2.29 bits per heavy atom. The molecule has 2 rings (SSSR count). The maximum absolute atomic E-state index is 10.4. The molecular formula is C12H13N3O2. The van der Waals surface area contributed by atoms with E-state index in [9.17, 15) is 4.79 Å². The van der Waals surface area contributed by atoms with Crippen LogP contribution in [0.2, 0.25) is 0 Å². The summed E-state index contributed by atoms with van der Waals surface area (Å²) in [4.78, 5) is 21.8. The van der Waals surface area contributed by atoms with E-state index in [2.05, 4.69) is 15.0 Å². The Kier molecular flexibility index (Phi) is 3.49. The van der Waals surface area contributed by atoms with Crippen LogP contribution in [0.4, 0.5) is 0 Å². The molecule has 0 bridgehead atoms. The Morgan fingerprint density at radius 1 is 1.41 bits per heavy atom. The lowest BCUT2D eigenvalue weighted by molar-refractivity contribution is -0.137. The van der Waals surface area contributed by atoms with Crippen molar-refractivity contribution in [3.8, 4) is 11.3 Å². The molecule has 2 heterocycles. The smallest absolute Gasteiger partial charge is 0.303 e. The highest BCUT2D eigenvalue weighted by molar-refractivity contribution is 5.66. The average Bonchev–Trinajstić information content (AvgIpc) is 2.78. The maximum atomic E-state index is 10.4. The average molecular weight is 231 g/mol. The van der Waals surface area contributed by atoms with Gasteiger partial charge in [0.2, 0.25) is 0 Å². The molecule has 2 aromatic rings. The minimum absolute atomic E-state index is 0.170. The minimum atomic E-state index is -0.774. The zero-order chi connectivity index (χ0) is 12.1. The van der Waals surface area contributed by atoms with Crippen LogP contribution in [0, 0.1) is 0 Å². The third-order valence-electron chi connectivity index (χ3n) is 2.41. The number of pyridine rings is 1. The van der Waals surface area contributed by atoms with Gasteiger partial charge in [0.15, 0.2) is 0 Å². The van der Waals surface area contributed by atoms with Gasteiger partial charge < -0.3 is 10.1 Å². The molecule has 88 valence electrons. The number of aryl methyl sites for hydroxylation is 1. The first-order chi connectivity index (χ1) is 8.25. The number of rotatable bonds is 5. The van der Waals surface area contributed by atoms with Gasteiger partial charge in [-0.2, -0.15) is 0 Å². The fourth-order valence-corrected chi connectivity index (χ4v) is 1.57. The number of carbonyl (C=O) groups is 1. The lowest BCUT2D eigenvalue weighted by Crippen LogP contribution is -1.96. The molecule has 0 amide bonds. The predicted molar refractivity (Wildman–Crippen MR) is 62.4 cm³/mol. The van der Waals surface area contributed by atoms with E-state index < -0.39 is 5.97 Å². The summed E-state index contributed by atoms with van der Waals surface area (Å²) in [5, 5.41) is 8.54. The van der Waals surface area contributed by atoms with Gasteiger partial charge in [0.25, 0.3) is 0 Å². The van der Waals surface area contributed by atoms with Crippen molar-refractivity contribution < 1.29 is 9.90 Å². The Balaban J connectivity index is 1.99. The van der Waals surface area contributed by atoms with E-state index in [4.69, 9.17) is 5.11 Å². The summed E-state index contributed by atoms with van der Waals surface area (Å²) >= 11 is 0. The van der Waals surface area contributed by atoms with E-state index in [0.29, 0.717) is 12.8 Å². The van der Waals surface area contributed by atoms with Crippen LogP contribution in [0.15, 0.2) is 30.7 Å². The summed E-state index contributed by atoms with van der Waals surface area (Å²) in [6.45, 7) is 0. The van der Waals surface area contributed by atoms with Crippen LogP contribution in [0.5, 0.6) is 0 Å². The Labute approximate surface area is 98.6 Å². The second kappa shape index (κ2) is 5.25. The van der Waals surface area contributed by atoms with Gasteiger partial charge in [-0.25, -0.2) is 4.98 Å². The maximum Gasteiger partial charge on any atom is 0.303 e. The summed E-state index contributed by atoms with van der Waals surface area (Å²) in [6.07, 6.45) is 6.63. The van der Waals surface area contributed by atoms with Gasteiger partial charge in [0, 0.05) is 30.8 Å². The molecule has 0 saturated carbocycles. The number of hydrogen-bond acceptors (Lipinski definition) is 3. The largest absolute Gasteiger partial charge is 0.481 e. The molecule has 0 radical (unpaired) electrons. The van der Waals surface area contributed by atoms with Gasteiger partial charge in [-0.1, -0.05) is 0 Å². The summed E-state index contributed by atoms with van der Waals surface area (Å²) in [7, 11) is 0. The molecular weight excluding hydrogens is 218 g/mol. The Hall–Kier alpha value is -2.17. The van der Waals surface area contributed by atoms with E-state index >= 15 is 0 Å². The number of aliphatic carboxylic acids is 1. The third-order valence-corrected chi connectivity index (χ3v) is 2.41. The first kappa shape index (κ1) is 11.3. The van der Waals surface area contributed by atoms with Gasteiger partial charge in [0.05, 0.1) is 11.9 Å². The summed E-state index contributed by atoms with van der Waals surface area (Å²) in [5.41, 5.74) is 1.88. The predicted octanol–water partition coefficient (Wildman–Crippen LogP) is 1.88. The molecule has 5 heteroatoms. The number of imidazole rings is 1. The molecule has 0 aromatic carbocycles. The number of nitrogens with zero attached hydrogens (tertiary/aromatic N) is 2. The van der Waals surface area contributed by atoms with Gasteiger partial charge in [-0.05, 0) is 18.6 Å². The highest BCUT2D eigenvalue weighted by atomic mass is 16.4. The zero-order valence-electron chi connectivity index (χ0n) is 9.26. The van der Waals surface area contributed by atoms with Gasteiger partial charge in [-0.15, -0.1) is 0 Å². The quantitative estimate of drug-likeness (QED) is 0.823. The zero-order valence-corrected chi connectivity index (χ0v) is 9.26. The minimum Gasteiger partial charge on any atom is -0.481 e. The molecule has 0 aliphatic rings. The number of carboxylic acids is 1. The van der Waals surface area contributed by atoms with Crippen molar-refractivity contribution >= 4 is 5.97 Å². The van der Waals surface area contributed by atoms with Crippen LogP contribution in [0.25, 0.3) is 11.3 Å². The molecule has 0 aliphatic heterocycles. The number of H-pyrrole nitrogens is 1. The first-order valence-electron chi connectivity index (χ1n) is 5.42. The second-order valence-electron chi connectivity index (χ2n) is 3.73. The standard InChI is InChI=1S/C12H13N3O2/c16-12(17)5-1-4-11-14-8-10(15-11)9-3-2-6-13-7-9/h2-3,6-8H,1,4-5H2,(H,14,15)(H,16,17). The number of carboxylic acid groups (broad SMARTS) is 1. The normalized spacial score (nSPS) is 10.4. The summed E-state index contributed by atoms with van der Waals surface area (Å²) in [5.74, 6) is 0.0362. The monoisotopic (exact) mass is 231 g/mol. The highest BCUT2D eigenvalue weighted by Gasteiger charge is 2.04. The Bertz CT molecular complexity index is 493. The van der Waals surface area contributed by atoms with E-state index in [-0.39, 0.29) is 6.42 Å². The second-order valence-corrected chi connectivity index (χ2v) is 3.73. The fourth-order valence-electron chi connectivity index (χ4n) is 1.57. The van der Waals surface area contributed by atoms with E-state index in [0.717, 1.165) is 17.1 Å². The summed E-state index contributed by atoms with van der Waals surface area (Å²) in [6, 6.07) is 3.81. The van der Waals surface area contributed by atoms with Crippen molar-refractivity contribution in [1.29, 1.82) is 0 Å². The lowest BCUT2D eigenvalue weighted by Gasteiger charge is -1.96. The SMILES string of the molecule is O=C(O)CCCc1ncc(-c2cccnc2)[nH]1. The van der Waals surface area contributed by atoms with E-state index in [1.165, 1.54) is 0 Å². The number of aromatic amines is 1. The highest BCUT2D eigenvalue weighted by Crippen LogP contribution is 2.15. The van der Waals surface area contributed by atoms with Crippen LogP contribution in [0.1, 0.15) is 18.7 Å². The van der Waals surface area contributed by atoms with Crippen LogP contribution >= 0.6 is 0 Å². The summed E-state index contributed by atoms with van der Waals surface area (Å²) < 4.78 is 0. The molecule has 0 atom stereocenters. The first-order valence-corrected chi connectivity index (χ1v) is 5.42. The van der Waals surface area contributed by atoms with Gasteiger partial charge >= 0.3 is 5.97 Å². The van der Waals surface area contributed by atoms with Crippen LogP contribution in [-0.2, 0) is 11.2 Å². The van der Waals surface area contributed by atoms with Gasteiger partial charge in [-0.3, -0.25) is 9.78 Å². The topological polar surface area (TPSA) is 78.9 Å². The van der Waals surface area contributed by atoms with E-state index in [1.807, 2.05) is 12.1 Å². The molecule has 0 spiro atoms. The van der Waals surface area contributed by atoms with Crippen molar-refractivity contribution in [1.82, 2.24) is 15.0 Å². The van der Waals surface area contributed by atoms with Crippen LogP contribution < -0.4 is 0 Å². The van der Waals surface area contributed by atoms with Crippen molar-refractivity contribution in [3.63, 3.8) is 0 Å². The molecule has 2 aromatic heterocycles. The van der Waals surface area contributed by atoms with Crippen molar-refractivity contribution in [2.24, 2.45) is 0 Å².